The average Bonchev–Trinajstić information content (AvgIpc) is 1.92. The average molecular weight is 186 g/mol. The Morgan fingerprint density at radius 1 is 1.42 bits per heavy atom. The topological polar surface area (TPSA) is 3.24 Å². The molecule has 1 nitrogen and oxygen atoms in total. The van der Waals surface area contributed by atoms with Crippen molar-refractivity contribution in [2.24, 2.45) is 5.41 Å². The van der Waals surface area contributed by atoms with Crippen LogP contribution in [-0.4, -0.2) is 17.4 Å². The molecule has 0 aromatic heterocycles. The number of alkyl halides is 1. The zero-order valence-electron chi connectivity index (χ0n) is 8.13. The number of hydrogen-bond donors (Lipinski definition) is 0. The van der Waals surface area contributed by atoms with Crippen LogP contribution in [0, 0.1) is 5.41 Å². The van der Waals surface area contributed by atoms with Gasteiger partial charge in [-0.2, -0.15) is 0 Å². The molecule has 68 valence electrons. The predicted molar refractivity (Wildman–Crippen MR) is 54.1 cm³/mol. The lowest BCUT2D eigenvalue weighted by Crippen LogP contribution is -2.24. The fraction of sp³-hybridized carbons (Fsp3) is 0.600. The number of allylic oxidation sites excluding steroid dienone is 2. The summed E-state index contributed by atoms with van der Waals surface area (Å²) >= 11 is 6.07. The van der Waals surface area contributed by atoms with Crippen molar-refractivity contribution in [1.82, 2.24) is 4.90 Å². The molecule has 1 aliphatic rings. The summed E-state index contributed by atoms with van der Waals surface area (Å²) in [5, 5.41) is 0. The van der Waals surface area contributed by atoms with Crippen molar-refractivity contribution in [3.8, 4) is 0 Å². The summed E-state index contributed by atoms with van der Waals surface area (Å²) in [5.74, 6) is 0. The summed E-state index contributed by atoms with van der Waals surface area (Å²) in [6.45, 7) is 6.58. The van der Waals surface area contributed by atoms with Crippen molar-refractivity contribution in [2.75, 3.05) is 7.05 Å². The second-order valence-electron chi connectivity index (χ2n) is 4.23. The quantitative estimate of drug-likeness (QED) is 0.414. The molecule has 1 unspecified atom stereocenters. The fourth-order valence-corrected chi connectivity index (χ4v) is 1.30. The van der Waals surface area contributed by atoms with Gasteiger partial charge < -0.3 is 4.90 Å². The van der Waals surface area contributed by atoms with Gasteiger partial charge in [-0.3, -0.25) is 0 Å². The van der Waals surface area contributed by atoms with Gasteiger partial charge in [0.15, 0.2) is 0 Å². The van der Waals surface area contributed by atoms with E-state index in [0.717, 1.165) is 0 Å². The maximum atomic E-state index is 6.07. The molecule has 0 saturated carbocycles. The Hall–Kier alpha value is -0.430. The van der Waals surface area contributed by atoms with Crippen molar-refractivity contribution in [1.29, 1.82) is 0 Å². The van der Waals surface area contributed by atoms with Crippen molar-refractivity contribution < 1.29 is 0 Å². The maximum Gasteiger partial charge on any atom is 0.122 e. The van der Waals surface area contributed by atoms with Crippen LogP contribution in [0.2, 0.25) is 0 Å². The lowest BCUT2D eigenvalue weighted by atomic mass is 9.85. The highest BCUT2D eigenvalue weighted by molar-refractivity contribution is 6.21. The normalized spacial score (nSPS) is 24.2. The first-order valence-corrected chi connectivity index (χ1v) is 4.61. The zero-order valence-corrected chi connectivity index (χ0v) is 8.89. The van der Waals surface area contributed by atoms with E-state index in [1.807, 2.05) is 18.1 Å². The molecule has 1 heterocycles. The minimum absolute atomic E-state index is 0.00391. The van der Waals surface area contributed by atoms with Gasteiger partial charge in [0.25, 0.3) is 0 Å². The van der Waals surface area contributed by atoms with Gasteiger partial charge in [0.2, 0.25) is 0 Å². The summed E-state index contributed by atoms with van der Waals surface area (Å²) < 4.78 is 0. The van der Waals surface area contributed by atoms with Gasteiger partial charge in [-0.15, -0.1) is 0 Å². The van der Waals surface area contributed by atoms with Crippen LogP contribution in [0.15, 0.2) is 23.9 Å². The van der Waals surface area contributed by atoms with Crippen molar-refractivity contribution >= 4 is 11.6 Å². The van der Waals surface area contributed by atoms with E-state index in [1.54, 1.807) is 0 Å². The highest BCUT2D eigenvalue weighted by atomic mass is 35.5. The number of likely N-dealkylation sites (N-methyl/N-ethyl adjacent to an activating group) is 1. The van der Waals surface area contributed by atoms with E-state index in [2.05, 4.69) is 32.9 Å². The largest absolute Gasteiger partial charge is 0.361 e. The molecule has 0 fully saturated rings. The third-order valence-corrected chi connectivity index (χ3v) is 2.50. The highest BCUT2D eigenvalue weighted by Gasteiger charge is 2.19. The molecule has 1 atom stereocenters. The van der Waals surface area contributed by atoms with E-state index in [9.17, 15) is 0 Å². The first kappa shape index (κ1) is 9.66. The summed E-state index contributed by atoms with van der Waals surface area (Å²) in [7, 11) is 1.98. The predicted octanol–water partition coefficient (Wildman–Crippen LogP) is 2.98. The minimum atomic E-state index is 0.00391. The molecule has 1 rings (SSSR count). The molecule has 0 amide bonds. The molecule has 0 bridgehead atoms. The van der Waals surface area contributed by atoms with Gasteiger partial charge in [-0.1, -0.05) is 32.4 Å². The summed E-state index contributed by atoms with van der Waals surface area (Å²) in [4.78, 5) is 1.98. The molecule has 0 radical (unpaired) electrons. The molecule has 0 N–H and O–H groups in total. The highest BCUT2D eigenvalue weighted by Crippen LogP contribution is 2.30. The zero-order chi connectivity index (χ0) is 9.35. The molecule has 1 aliphatic heterocycles. The lowest BCUT2D eigenvalue weighted by molar-refractivity contribution is 0.440. The number of nitrogens with zero attached hydrogens (tertiary/aromatic N) is 1. The van der Waals surface area contributed by atoms with Crippen LogP contribution in [-0.2, 0) is 0 Å². The Balaban J connectivity index is 2.84. The Morgan fingerprint density at radius 3 is 2.42 bits per heavy atom. The van der Waals surface area contributed by atoms with Gasteiger partial charge in [-0.05, 0) is 23.1 Å². The SMILES string of the molecule is CN1C=CC(C(C)(C)C)=CC1Cl. The van der Waals surface area contributed by atoms with Crippen molar-refractivity contribution in [2.45, 2.75) is 26.3 Å². The van der Waals surface area contributed by atoms with Gasteiger partial charge in [-0.25, -0.2) is 0 Å². The summed E-state index contributed by atoms with van der Waals surface area (Å²) in [6.07, 6.45) is 6.25. The van der Waals surface area contributed by atoms with E-state index in [-0.39, 0.29) is 10.9 Å². The molecule has 0 spiro atoms. The van der Waals surface area contributed by atoms with Gasteiger partial charge in [0.1, 0.15) is 5.50 Å². The van der Waals surface area contributed by atoms with Crippen LogP contribution < -0.4 is 0 Å². The van der Waals surface area contributed by atoms with Crippen LogP contribution in [0.5, 0.6) is 0 Å². The number of rotatable bonds is 0. The first-order valence-electron chi connectivity index (χ1n) is 4.18. The van der Waals surface area contributed by atoms with E-state index in [0.29, 0.717) is 0 Å². The Bertz CT molecular complexity index is 222. The molecule has 2 heteroatoms. The molecular formula is C10H16ClN. The van der Waals surface area contributed by atoms with Crippen LogP contribution in [0.3, 0.4) is 0 Å². The van der Waals surface area contributed by atoms with E-state index in [4.69, 9.17) is 11.6 Å². The standard InChI is InChI=1S/C10H16ClN/c1-10(2,3)8-5-6-12(4)9(11)7-8/h5-7,9H,1-4H3. The van der Waals surface area contributed by atoms with Crippen LogP contribution >= 0.6 is 11.6 Å². The second kappa shape index (κ2) is 3.14. The lowest BCUT2D eigenvalue weighted by Gasteiger charge is -2.28. The number of hydrogen-bond acceptors (Lipinski definition) is 1. The maximum absolute atomic E-state index is 6.07. The van der Waals surface area contributed by atoms with Crippen molar-refractivity contribution in [3.05, 3.63) is 23.9 Å². The molecule has 0 saturated heterocycles. The minimum Gasteiger partial charge on any atom is -0.361 e. The Morgan fingerprint density at radius 2 is 2.00 bits per heavy atom. The number of halogens is 1. The summed E-state index contributed by atoms with van der Waals surface area (Å²) in [6, 6.07) is 0. The molecule has 0 aromatic carbocycles. The molecule has 0 aromatic rings. The first-order chi connectivity index (χ1) is 5.41. The fourth-order valence-electron chi connectivity index (χ4n) is 1.10. The van der Waals surface area contributed by atoms with E-state index in [1.165, 1.54) is 5.57 Å². The van der Waals surface area contributed by atoms with E-state index >= 15 is 0 Å². The van der Waals surface area contributed by atoms with Crippen LogP contribution in [0.25, 0.3) is 0 Å². The Labute approximate surface area is 79.7 Å². The molecular weight excluding hydrogens is 170 g/mol. The molecule has 0 aliphatic carbocycles. The van der Waals surface area contributed by atoms with Gasteiger partial charge in [0.05, 0.1) is 0 Å². The monoisotopic (exact) mass is 185 g/mol. The van der Waals surface area contributed by atoms with Crippen LogP contribution in [0.1, 0.15) is 20.8 Å². The molecule has 12 heavy (non-hydrogen) atoms. The van der Waals surface area contributed by atoms with Crippen molar-refractivity contribution in [3.63, 3.8) is 0 Å². The summed E-state index contributed by atoms with van der Waals surface area (Å²) in [5.41, 5.74) is 1.51. The van der Waals surface area contributed by atoms with E-state index < -0.39 is 0 Å². The van der Waals surface area contributed by atoms with Crippen LogP contribution in [0.4, 0.5) is 0 Å². The second-order valence-corrected chi connectivity index (χ2v) is 4.67. The third kappa shape index (κ3) is 2.04. The van der Waals surface area contributed by atoms with Gasteiger partial charge in [0, 0.05) is 13.2 Å². The third-order valence-electron chi connectivity index (χ3n) is 2.06. The van der Waals surface area contributed by atoms with Gasteiger partial charge >= 0.3 is 0 Å². The Kier molecular flexibility index (Phi) is 2.52. The smallest absolute Gasteiger partial charge is 0.122 e.